The van der Waals surface area contributed by atoms with Gasteiger partial charge >= 0.3 is 0 Å². The quantitative estimate of drug-likeness (QED) is 0.867. The predicted molar refractivity (Wildman–Crippen MR) is 79.8 cm³/mol. The molecule has 1 aliphatic heterocycles. The number of halogens is 1. The molecule has 0 aromatic heterocycles. The first-order valence-corrected chi connectivity index (χ1v) is 6.96. The summed E-state index contributed by atoms with van der Waals surface area (Å²) in [7, 11) is 0. The minimum Gasteiger partial charge on any atom is -0.399 e. The van der Waals surface area contributed by atoms with Crippen LogP contribution in [0.3, 0.4) is 0 Å². The maximum absolute atomic E-state index is 13.1. The zero-order valence-electron chi connectivity index (χ0n) is 11.7. The van der Waals surface area contributed by atoms with Crippen LogP contribution in [0.1, 0.15) is 22.3 Å². The molecule has 1 heterocycles. The van der Waals surface area contributed by atoms with Crippen LogP contribution in [0.15, 0.2) is 36.4 Å². The van der Waals surface area contributed by atoms with Crippen molar-refractivity contribution in [2.75, 3.05) is 12.3 Å². The van der Waals surface area contributed by atoms with Gasteiger partial charge in [-0.15, -0.1) is 0 Å². The van der Waals surface area contributed by atoms with E-state index >= 15 is 0 Å². The van der Waals surface area contributed by atoms with Gasteiger partial charge in [-0.3, -0.25) is 4.90 Å². The van der Waals surface area contributed by atoms with E-state index in [9.17, 15) is 4.39 Å². The van der Waals surface area contributed by atoms with Crippen LogP contribution < -0.4 is 5.73 Å². The molecule has 104 valence electrons. The summed E-state index contributed by atoms with van der Waals surface area (Å²) in [5.74, 6) is -0.157. The van der Waals surface area contributed by atoms with Crippen LogP contribution in [0.25, 0.3) is 0 Å². The standard InChI is InChI=1S/C17H19FN2/c1-12-8-16(18)4-2-13(12)6-7-20-10-14-3-5-17(19)9-15(14)11-20/h2-5,8-9H,6-7,10-11,19H2,1H3. The first-order valence-electron chi connectivity index (χ1n) is 6.96. The summed E-state index contributed by atoms with van der Waals surface area (Å²) in [6, 6.07) is 11.2. The Hall–Kier alpha value is -1.87. The van der Waals surface area contributed by atoms with E-state index in [1.165, 1.54) is 16.7 Å². The van der Waals surface area contributed by atoms with E-state index in [1.54, 1.807) is 12.1 Å². The molecule has 0 saturated heterocycles. The van der Waals surface area contributed by atoms with Crippen LogP contribution in [-0.2, 0) is 19.5 Å². The van der Waals surface area contributed by atoms with Crippen molar-refractivity contribution < 1.29 is 4.39 Å². The summed E-state index contributed by atoms with van der Waals surface area (Å²) >= 11 is 0. The monoisotopic (exact) mass is 270 g/mol. The molecule has 0 unspecified atom stereocenters. The Bertz CT molecular complexity index is 637. The van der Waals surface area contributed by atoms with E-state index in [-0.39, 0.29) is 5.82 Å². The Kier molecular flexibility index (Phi) is 3.45. The summed E-state index contributed by atoms with van der Waals surface area (Å²) in [5, 5.41) is 0. The highest BCUT2D eigenvalue weighted by Gasteiger charge is 2.18. The Morgan fingerprint density at radius 2 is 1.90 bits per heavy atom. The molecule has 3 heteroatoms. The molecule has 2 aromatic carbocycles. The average molecular weight is 270 g/mol. The second-order valence-corrected chi connectivity index (χ2v) is 5.56. The van der Waals surface area contributed by atoms with Crippen LogP contribution in [0.5, 0.6) is 0 Å². The number of benzene rings is 2. The summed E-state index contributed by atoms with van der Waals surface area (Å²) in [4.78, 5) is 2.41. The number of hydrogen-bond donors (Lipinski definition) is 1. The summed E-state index contributed by atoms with van der Waals surface area (Å²) in [6.45, 7) is 4.90. The predicted octanol–water partition coefficient (Wildman–Crippen LogP) is 3.27. The third-order valence-electron chi connectivity index (χ3n) is 4.02. The highest BCUT2D eigenvalue weighted by molar-refractivity contribution is 5.46. The fraction of sp³-hybridized carbons (Fsp3) is 0.294. The van der Waals surface area contributed by atoms with Crippen molar-refractivity contribution in [3.63, 3.8) is 0 Å². The summed E-state index contributed by atoms with van der Waals surface area (Å²) < 4.78 is 13.1. The maximum atomic E-state index is 13.1. The van der Waals surface area contributed by atoms with Gasteiger partial charge in [0.2, 0.25) is 0 Å². The van der Waals surface area contributed by atoms with Gasteiger partial charge in [-0.1, -0.05) is 12.1 Å². The molecule has 0 fully saturated rings. The third-order valence-corrected chi connectivity index (χ3v) is 4.02. The van der Waals surface area contributed by atoms with E-state index in [0.717, 1.165) is 37.3 Å². The van der Waals surface area contributed by atoms with Gasteiger partial charge in [-0.2, -0.15) is 0 Å². The van der Waals surface area contributed by atoms with Crippen molar-refractivity contribution in [2.24, 2.45) is 0 Å². The zero-order chi connectivity index (χ0) is 14.1. The van der Waals surface area contributed by atoms with Crippen molar-refractivity contribution >= 4 is 5.69 Å². The van der Waals surface area contributed by atoms with Crippen LogP contribution >= 0.6 is 0 Å². The number of rotatable bonds is 3. The zero-order valence-corrected chi connectivity index (χ0v) is 11.7. The summed E-state index contributed by atoms with van der Waals surface area (Å²) in [6.07, 6.45) is 0.954. The van der Waals surface area contributed by atoms with Crippen LogP contribution in [0, 0.1) is 12.7 Å². The first-order chi connectivity index (χ1) is 9.61. The number of hydrogen-bond acceptors (Lipinski definition) is 2. The molecule has 0 radical (unpaired) electrons. The molecule has 2 nitrogen and oxygen atoms in total. The van der Waals surface area contributed by atoms with Gasteiger partial charge in [0, 0.05) is 25.3 Å². The second kappa shape index (κ2) is 5.25. The number of fused-ring (bicyclic) bond motifs is 1. The van der Waals surface area contributed by atoms with E-state index in [4.69, 9.17) is 5.73 Å². The topological polar surface area (TPSA) is 29.3 Å². The lowest BCUT2D eigenvalue weighted by atomic mass is 10.1. The van der Waals surface area contributed by atoms with Crippen molar-refractivity contribution in [1.82, 2.24) is 4.90 Å². The molecule has 0 bridgehead atoms. The van der Waals surface area contributed by atoms with Gasteiger partial charge in [0.1, 0.15) is 5.82 Å². The number of nitrogen functional groups attached to an aromatic ring is 1. The van der Waals surface area contributed by atoms with Crippen molar-refractivity contribution in [2.45, 2.75) is 26.4 Å². The molecule has 1 aliphatic rings. The molecule has 2 N–H and O–H groups in total. The Balaban J connectivity index is 1.63. The second-order valence-electron chi connectivity index (χ2n) is 5.56. The van der Waals surface area contributed by atoms with Gasteiger partial charge in [0.05, 0.1) is 0 Å². The van der Waals surface area contributed by atoms with Gasteiger partial charge in [-0.05, 0) is 59.9 Å². The molecular weight excluding hydrogens is 251 g/mol. The maximum Gasteiger partial charge on any atom is 0.123 e. The normalized spacial score (nSPS) is 14.5. The smallest absolute Gasteiger partial charge is 0.123 e. The van der Waals surface area contributed by atoms with Crippen LogP contribution in [0.4, 0.5) is 10.1 Å². The lowest BCUT2D eigenvalue weighted by molar-refractivity contribution is 0.288. The Morgan fingerprint density at radius 3 is 2.70 bits per heavy atom. The lowest BCUT2D eigenvalue weighted by Gasteiger charge is -2.15. The van der Waals surface area contributed by atoms with Crippen molar-refractivity contribution in [1.29, 1.82) is 0 Å². The molecule has 3 rings (SSSR count). The number of aryl methyl sites for hydroxylation is 1. The van der Waals surface area contributed by atoms with E-state index in [2.05, 4.69) is 17.0 Å². The van der Waals surface area contributed by atoms with Crippen LogP contribution in [-0.4, -0.2) is 11.4 Å². The molecule has 0 atom stereocenters. The van der Waals surface area contributed by atoms with E-state index < -0.39 is 0 Å². The number of nitrogens with zero attached hydrogens (tertiary/aromatic N) is 1. The van der Waals surface area contributed by atoms with E-state index in [1.807, 2.05) is 19.1 Å². The first kappa shape index (κ1) is 13.1. The van der Waals surface area contributed by atoms with Crippen molar-refractivity contribution in [3.8, 4) is 0 Å². The molecule has 0 amide bonds. The summed E-state index contributed by atoms with van der Waals surface area (Å²) in [5.41, 5.74) is 11.6. The third kappa shape index (κ3) is 2.68. The minimum atomic E-state index is -0.157. The van der Waals surface area contributed by atoms with E-state index in [0.29, 0.717) is 0 Å². The lowest BCUT2D eigenvalue weighted by Crippen LogP contribution is -2.19. The van der Waals surface area contributed by atoms with Gasteiger partial charge in [0.15, 0.2) is 0 Å². The fourth-order valence-corrected chi connectivity index (χ4v) is 2.86. The van der Waals surface area contributed by atoms with Gasteiger partial charge in [-0.25, -0.2) is 4.39 Å². The van der Waals surface area contributed by atoms with Crippen molar-refractivity contribution in [3.05, 3.63) is 64.5 Å². The highest BCUT2D eigenvalue weighted by atomic mass is 19.1. The molecule has 0 saturated carbocycles. The largest absolute Gasteiger partial charge is 0.399 e. The number of anilines is 1. The number of nitrogens with two attached hydrogens (primary N) is 1. The molecule has 0 aliphatic carbocycles. The van der Waals surface area contributed by atoms with Gasteiger partial charge in [0.25, 0.3) is 0 Å². The minimum absolute atomic E-state index is 0.157. The highest BCUT2D eigenvalue weighted by Crippen LogP contribution is 2.25. The molecular formula is C17H19FN2. The molecule has 2 aromatic rings. The fourth-order valence-electron chi connectivity index (χ4n) is 2.86. The van der Waals surface area contributed by atoms with Crippen LogP contribution in [0.2, 0.25) is 0 Å². The SMILES string of the molecule is Cc1cc(F)ccc1CCN1Cc2ccc(N)cc2C1. The Labute approximate surface area is 119 Å². The molecule has 20 heavy (non-hydrogen) atoms. The molecule has 0 spiro atoms. The average Bonchev–Trinajstić information content (AvgIpc) is 2.79. The Morgan fingerprint density at radius 1 is 1.10 bits per heavy atom. The van der Waals surface area contributed by atoms with Gasteiger partial charge < -0.3 is 5.73 Å².